The normalized spacial score (nSPS) is 11.1. The van der Waals surface area contributed by atoms with E-state index in [-0.39, 0.29) is 10.6 Å². The number of nitrogens with zero attached hydrogens (tertiary/aromatic N) is 1. The van der Waals surface area contributed by atoms with Crippen molar-refractivity contribution in [3.8, 4) is 0 Å². The Morgan fingerprint density at radius 2 is 1.48 bits per heavy atom. The van der Waals surface area contributed by atoms with Crippen LogP contribution in [0.15, 0.2) is 77.7 Å². The molecule has 0 fully saturated rings. The predicted octanol–water partition coefficient (Wildman–Crippen LogP) is 4.11. The van der Waals surface area contributed by atoms with Crippen LogP contribution in [0.25, 0.3) is 0 Å². The van der Waals surface area contributed by atoms with Crippen LogP contribution in [-0.2, 0) is 14.8 Å². The molecule has 1 N–H and O–H groups in total. The highest BCUT2D eigenvalue weighted by Gasteiger charge is 2.27. The van der Waals surface area contributed by atoms with Gasteiger partial charge in [-0.1, -0.05) is 42.0 Å². The summed E-state index contributed by atoms with van der Waals surface area (Å²) in [7, 11) is -4.09. The van der Waals surface area contributed by atoms with Gasteiger partial charge in [-0.25, -0.2) is 17.2 Å². The van der Waals surface area contributed by atoms with Crippen LogP contribution in [0, 0.1) is 18.6 Å². The minimum absolute atomic E-state index is 0.00294. The first-order valence-electron chi connectivity index (χ1n) is 8.67. The molecule has 8 heteroatoms. The maximum atomic E-state index is 13.8. The lowest BCUT2D eigenvalue weighted by Gasteiger charge is -2.24. The Morgan fingerprint density at radius 3 is 2.07 bits per heavy atom. The molecule has 0 unspecified atom stereocenters. The molecule has 0 saturated heterocycles. The second kappa shape index (κ2) is 8.40. The topological polar surface area (TPSA) is 66.5 Å². The number of halogens is 2. The van der Waals surface area contributed by atoms with Gasteiger partial charge in [-0.05, 0) is 43.3 Å². The molecule has 0 bridgehead atoms. The number of aryl methyl sites for hydroxylation is 1. The largest absolute Gasteiger partial charge is 0.320 e. The fourth-order valence-electron chi connectivity index (χ4n) is 2.67. The highest BCUT2D eigenvalue weighted by atomic mass is 32.2. The monoisotopic (exact) mass is 416 g/mol. The van der Waals surface area contributed by atoms with E-state index in [1.807, 2.05) is 6.92 Å². The maximum absolute atomic E-state index is 13.8. The summed E-state index contributed by atoms with van der Waals surface area (Å²) in [6, 6.07) is 17.3. The van der Waals surface area contributed by atoms with E-state index in [2.05, 4.69) is 5.32 Å². The average Bonchev–Trinajstić information content (AvgIpc) is 2.70. The number of nitrogens with one attached hydrogen (secondary N) is 1. The Bertz CT molecular complexity index is 1100. The first-order valence-corrected chi connectivity index (χ1v) is 10.1. The van der Waals surface area contributed by atoms with E-state index in [1.54, 1.807) is 30.3 Å². The molecule has 0 radical (unpaired) electrons. The Morgan fingerprint density at radius 1 is 0.897 bits per heavy atom. The van der Waals surface area contributed by atoms with Crippen LogP contribution in [0.1, 0.15) is 5.56 Å². The second-order valence-corrected chi connectivity index (χ2v) is 8.17. The average molecular weight is 416 g/mol. The van der Waals surface area contributed by atoms with Gasteiger partial charge < -0.3 is 5.32 Å². The summed E-state index contributed by atoms with van der Waals surface area (Å²) >= 11 is 0. The molecule has 1 amide bonds. The predicted molar refractivity (Wildman–Crippen MR) is 107 cm³/mol. The van der Waals surface area contributed by atoms with Gasteiger partial charge in [0.15, 0.2) is 0 Å². The third kappa shape index (κ3) is 4.60. The molecule has 0 aliphatic carbocycles. The summed E-state index contributed by atoms with van der Waals surface area (Å²) in [6.07, 6.45) is 0. The van der Waals surface area contributed by atoms with Crippen molar-refractivity contribution in [1.82, 2.24) is 0 Å². The van der Waals surface area contributed by atoms with Gasteiger partial charge in [0.05, 0.1) is 10.6 Å². The quantitative estimate of drug-likeness (QED) is 0.658. The molecule has 0 aliphatic heterocycles. The number of amides is 1. The van der Waals surface area contributed by atoms with Crippen LogP contribution in [-0.4, -0.2) is 20.9 Å². The summed E-state index contributed by atoms with van der Waals surface area (Å²) in [5.41, 5.74) is 0.499. The van der Waals surface area contributed by atoms with E-state index < -0.39 is 39.8 Å². The molecule has 0 heterocycles. The Kier molecular flexibility index (Phi) is 5.93. The molecule has 3 aromatic carbocycles. The molecule has 5 nitrogen and oxygen atoms in total. The summed E-state index contributed by atoms with van der Waals surface area (Å²) in [4.78, 5) is 12.5. The third-order valence-electron chi connectivity index (χ3n) is 4.17. The third-order valence-corrected chi connectivity index (χ3v) is 5.96. The number of carbonyl (C=O) groups is 1. The second-order valence-electron chi connectivity index (χ2n) is 6.31. The lowest BCUT2D eigenvalue weighted by Crippen LogP contribution is -2.38. The number of sulfonamides is 1. The molecule has 3 rings (SSSR count). The van der Waals surface area contributed by atoms with E-state index in [0.29, 0.717) is 0 Å². The van der Waals surface area contributed by atoms with E-state index in [4.69, 9.17) is 0 Å². The van der Waals surface area contributed by atoms with Crippen LogP contribution in [0.3, 0.4) is 0 Å². The van der Waals surface area contributed by atoms with Gasteiger partial charge in [0, 0.05) is 0 Å². The number of hydrogen-bond acceptors (Lipinski definition) is 3. The molecule has 0 aromatic heterocycles. The van der Waals surface area contributed by atoms with Crippen molar-refractivity contribution >= 4 is 27.3 Å². The van der Waals surface area contributed by atoms with E-state index in [0.717, 1.165) is 22.0 Å². The van der Waals surface area contributed by atoms with Crippen LogP contribution in [0.4, 0.5) is 20.2 Å². The molecule has 29 heavy (non-hydrogen) atoms. The zero-order chi connectivity index (χ0) is 21.0. The van der Waals surface area contributed by atoms with Crippen molar-refractivity contribution in [1.29, 1.82) is 0 Å². The smallest absolute Gasteiger partial charge is 0.264 e. The zero-order valence-corrected chi connectivity index (χ0v) is 16.3. The number of benzene rings is 3. The molecule has 0 saturated carbocycles. The van der Waals surface area contributed by atoms with Crippen LogP contribution < -0.4 is 9.62 Å². The molecule has 0 atom stereocenters. The fourth-order valence-corrected chi connectivity index (χ4v) is 4.09. The minimum Gasteiger partial charge on any atom is -0.320 e. The lowest BCUT2D eigenvalue weighted by molar-refractivity contribution is -0.114. The minimum atomic E-state index is -4.09. The number of carbonyl (C=O) groups excluding carboxylic acids is 1. The molecule has 3 aromatic rings. The number of hydrogen-bond donors (Lipinski definition) is 1. The summed E-state index contributed by atoms with van der Waals surface area (Å²) in [6.45, 7) is 1.16. The van der Waals surface area contributed by atoms with Gasteiger partial charge in [-0.2, -0.15) is 0 Å². The summed E-state index contributed by atoms with van der Waals surface area (Å²) < 4.78 is 54.9. The van der Waals surface area contributed by atoms with Crippen molar-refractivity contribution in [2.24, 2.45) is 0 Å². The van der Waals surface area contributed by atoms with E-state index >= 15 is 0 Å². The van der Waals surface area contributed by atoms with Gasteiger partial charge in [0.2, 0.25) is 5.91 Å². The first kappa shape index (κ1) is 20.5. The fraction of sp³-hybridized carbons (Fsp3) is 0.0952. The number of rotatable bonds is 6. The van der Waals surface area contributed by atoms with Gasteiger partial charge in [-0.3, -0.25) is 9.10 Å². The number of para-hydroxylation sites is 2. The van der Waals surface area contributed by atoms with Crippen molar-refractivity contribution in [2.45, 2.75) is 11.8 Å². The van der Waals surface area contributed by atoms with E-state index in [1.165, 1.54) is 30.3 Å². The van der Waals surface area contributed by atoms with Gasteiger partial charge >= 0.3 is 0 Å². The van der Waals surface area contributed by atoms with Crippen LogP contribution >= 0.6 is 0 Å². The van der Waals surface area contributed by atoms with Crippen LogP contribution in [0.5, 0.6) is 0 Å². The Hall–Kier alpha value is -3.26. The SMILES string of the molecule is Cc1ccc(S(=O)(=O)N(CC(=O)Nc2c(F)cccc2F)c2ccccc2)cc1. The highest BCUT2D eigenvalue weighted by molar-refractivity contribution is 7.92. The molecular weight excluding hydrogens is 398 g/mol. The Labute approximate surface area is 167 Å². The zero-order valence-electron chi connectivity index (χ0n) is 15.5. The molecular formula is C21H18F2N2O3S. The molecule has 150 valence electrons. The van der Waals surface area contributed by atoms with Gasteiger partial charge in [0.25, 0.3) is 10.0 Å². The first-order chi connectivity index (χ1) is 13.8. The summed E-state index contributed by atoms with van der Waals surface area (Å²) in [5.74, 6) is -2.79. The van der Waals surface area contributed by atoms with Crippen LogP contribution in [0.2, 0.25) is 0 Å². The Balaban J connectivity index is 1.94. The molecule has 0 aliphatic rings. The van der Waals surface area contributed by atoms with Gasteiger partial charge in [0.1, 0.15) is 23.9 Å². The van der Waals surface area contributed by atoms with Gasteiger partial charge in [-0.15, -0.1) is 0 Å². The molecule has 0 spiro atoms. The van der Waals surface area contributed by atoms with E-state index in [9.17, 15) is 22.0 Å². The summed E-state index contributed by atoms with van der Waals surface area (Å²) in [5, 5.41) is 2.12. The number of anilines is 2. The standard InChI is InChI=1S/C21H18F2N2O3S/c1-15-10-12-17(13-11-15)29(27,28)25(16-6-3-2-4-7-16)14-20(26)24-21-18(22)8-5-9-19(21)23/h2-13H,14H2,1H3,(H,24,26). The van der Waals surface area contributed by atoms with Crippen molar-refractivity contribution in [2.75, 3.05) is 16.2 Å². The lowest BCUT2D eigenvalue weighted by atomic mass is 10.2. The highest BCUT2D eigenvalue weighted by Crippen LogP contribution is 2.24. The van der Waals surface area contributed by atoms with Crippen molar-refractivity contribution < 1.29 is 22.0 Å². The van der Waals surface area contributed by atoms with Crippen molar-refractivity contribution in [3.63, 3.8) is 0 Å². The maximum Gasteiger partial charge on any atom is 0.264 e. The van der Waals surface area contributed by atoms with Crippen molar-refractivity contribution in [3.05, 3.63) is 90.0 Å².